The summed E-state index contributed by atoms with van der Waals surface area (Å²) in [7, 11) is 0. The first-order chi connectivity index (χ1) is 8.84. The van der Waals surface area contributed by atoms with E-state index in [-0.39, 0.29) is 0 Å². The molecule has 1 N–H and O–H groups in total. The molecule has 3 rings (SSSR count). The summed E-state index contributed by atoms with van der Waals surface area (Å²) >= 11 is 0. The van der Waals surface area contributed by atoms with E-state index in [4.69, 9.17) is 4.74 Å². The smallest absolute Gasteiger partial charge is 0.122 e. The van der Waals surface area contributed by atoms with Gasteiger partial charge in [-0.1, -0.05) is 24.6 Å². The molecule has 1 fully saturated rings. The van der Waals surface area contributed by atoms with Gasteiger partial charge < -0.3 is 10.1 Å². The van der Waals surface area contributed by atoms with Crippen molar-refractivity contribution in [1.29, 1.82) is 0 Å². The van der Waals surface area contributed by atoms with Crippen molar-refractivity contribution in [2.75, 3.05) is 13.2 Å². The van der Waals surface area contributed by atoms with Gasteiger partial charge in [0, 0.05) is 18.5 Å². The Labute approximate surface area is 110 Å². The molecule has 0 bridgehead atoms. The Kier molecular flexibility index (Phi) is 3.55. The van der Waals surface area contributed by atoms with Gasteiger partial charge in [-0.3, -0.25) is 0 Å². The third-order valence-corrected chi connectivity index (χ3v) is 4.63. The van der Waals surface area contributed by atoms with Gasteiger partial charge in [0.2, 0.25) is 0 Å². The highest BCUT2D eigenvalue weighted by molar-refractivity contribution is 5.37. The van der Waals surface area contributed by atoms with E-state index in [2.05, 4.69) is 36.5 Å². The minimum absolute atomic E-state index is 0.623. The summed E-state index contributed by atoms with van der Waals surface area (Å²) in [6, 6.07) is 9.17. The summed E-state index contributed by atoms with van der Waals surface area (Å²) in [4.78, 5) is 0. The molecule has 2 atom stereocenters. The lowest BCUT2D eigenvalue weighted by Gasteiger charge is -2.34. The molecule has 18 heavy (non-hydrogen) atoms. The van der Waals surface area contributed by atoms with Gasteiger partial charge in [-0.15, -0.1) is 0 Å². The Hall–Kier alpha value is -1.02. The fourth-order valence-corrected chi connectivity index (χ4v) is 3.06. The van der Waals surface area contributed by atoms with Crippen LogP contribution in [-0.4, -0.2) is 19.2 Å². The molecule has 0 aromatic heterocycles. The molecule has 0 amide bonds. The largest absolute Gasteiger partial charge is 0.493 e. The van der Waals surface area contributed by atoms with Crippen LogP contribution in [0, 0.1) is 5.92 Å². The molecule has 1 saturated carbocycles. The molecule has 1 aliphatic heterocycles. The highest BCUT2D eigenvalue weighted by Crippen LogP contribution is 2.34. The minimum atomic E-state index is 0.623. The maximum atomic E-state index is 5.71. The van der Waals surface area contributed by atoms with Crippen LogP contribution in [0.25, 0.3) is 0 Å². The Bertz CT molecular complexity index is 400. The average molecular weight is 245 g/mol. The standard InChI is InChI=1S/C16H23NO/c1-12(13-5-4-6-13)17-11-14-9-10-18-16-8-3-2-7-15(14)16/h2-3,7-8,12-14,17H,4-6,9-11H2,1H3. The number of nitrogens with one attached hydrogen (secondary N) is 1. The molecule has 1 aromatic rings. The molecule has 98 valence electrons. The SMILES string of the molecule is CC(NCC1CCOc2ccccc21)C1CCC1. The van der Waals surface area contributed by atoms with Gasteiger partial charge >= 0.3 is 0 Å². The van der Waals surface area contributed by atoms with Gasteiger partial charge in [0.25, 0.3) is 0 Å². The third kappa shape index (κ3) is 2.39. The summed E-state index contributed by atoms with van der Waals surface area (Å²) < 4.78 is 5.71. The molecular formula is C16H23NO. The minimum Gasteiger partial charge on any atom is -0.493 e. The molecule has 2 heteroatoms. The summed E-state index contributed by atoms with van der Waals surface area (Å²) in [6.07, 6.45) is 5.40. The molecule has 2 aliphatic rings. The zero-order chi connectivity index (χ0) is 12.4. The monoisotopic (exact) mass is 245 g/mol. The van der Waals surface area contributed by atoms with E-state index in [1.165, 1.54) is 24.8 Å². The lowest BCUT2D eigenvalue weighted by molar-refractivity contribution is 0.226. The predicted molar refractivity (Wildman–Crippen MR) is 74.1 cm³/mol. The van der Waals surface area contributed by atoms with E-state index in [0.29, 0.717) is 12.0 Å². The van der Waals surface area contributed by atoms with Crippen LogP contribution in [0.3, 0.4) is 0 Å². The summed E-state index contributed by atoms with van der Waals surface area (Å²) in [6.45, 7) is 4.30. The zero-order valence-electron chi connectivity index (χ0n) is 11.2. The predicted octanol–water partition coefficient (Wildman–Crippen LogP) is 3.33. The highest BCUT2D eigenvalue weighted by atomic mass is 16.5. The van der Waals surface area contributed by atoms with Gasteiger partial charge in [-0.25, -0.2) is 0 Å². The number of hydrogen-bond donors (Lipinski definition) is 1. The van der Waals surface area contributed by atoms with Gasteiger partial charge in [0.15, 0.2) is 0 Å². The normalized spacial score (nSPS) is 24.8. The van der Waals surface area contributed by atoms with E-state index in [0.717, 1.165) is 31.2 Å². The van der Waals surface area contributed by atoms with Crippen LogP contribution in [-0.2, 0) is 0 Å². The molecule has 1 heterocycles. The fraction of sp³-hybridized carbons (Fsp3) is 0.625. The topological polar surface area (TPSA) is 21.3 Å². The van der Waals surface area contributed by atoms with Crippen molar-refractivity contribution in [2.45, 2.75) is 44.6 Å². The molecule has 1 aromatic carbocycles. The first kappa shape index (κ1) is 12.0. The van der Waals surface area contributed by atoms with Crippen LogP contribution in [0.2, 0.25) is 0 Å². The number of para-hydroxylation sites is 1. The van der Waals surface area contributed by atoms with Crippen LogP contribution >= 0.6 is 0 Å². The average Bonchev–Trinajstić information content (AvgIpc) is 2.34. The maximum Gasteiger partial charge on any atom is 0.122 e. The van der Waals surface area contributed by atoms with Gasteiger partial charge in [0.1, 0.15) is 5.75 Å². The Morgan fingerprint density at radius 1 is 1.28 bits per heavy atom. The van der Waals surface area contributed by atoms with Crippen LogP contribution in [0.1, 0.15) is 44.1 Å². The van der Waals surface area contributed by atoms with Crippen molar-refractivity contribution in [2.24, 2.45) is 5.92 Å². The van der Waals surface area contributed by atoms with E-state index >= 15 is 0 Å². The maximum absolute atomic E-state index is 5.71. The van der Waals surface area contributed by atoms with Crippen LogP contribution < -0.4 is 10.1 Å². The summed E-state index contributed by atoms with van der Waals surface area (Å²) in [5, 5.41) is 3.74. The van der Waals surface area contributed by atoms with E-state index < -0.39 is 0 Å². The van der Waals surface area contributed by atoms with Crippen LogP contribution in [0.15, 0.2) is 24.3 Å². The van der Waals surface area contributed by atoms with Gasteiger partial charge in [-0.2, -0.15) is 0 Å². The lowest BCUT2D eigenvalue weighted by Crippen LogP contribution is -2.39. The second-order valence-electron chi connectivity index (χ2n) is 5.76. The van der Waals surface area contributed by atoms with Crippen LogP contribution in [0.5, 0.6) is 5.75 Å². The molecule has 0 saturated heterocycles. The molecule has 0 radical (unpaired) electrons. The number of hydrogen-bond acceptors (Lipinski definition) is 2. The molecule has 0 spiro atoms. The van der Waals surface area contributed by atoms with E-state index in [1.807, 2.05) is 0 Å². The lowest BCUT2D eigenvalue weighted by atomic mass is 9.80. The number of rotatable bonds is 4. The number of ether oxygens (including phenoxy) is 1. The Morgan fingerprint density at radius 3 is 2.89 bits per heavy atom. The van der Waals surface area contributed by atoms with Crippen molar-refractivity contribution in [3.05, 3.63) is 29.8 Å². The summed E-state index contributed by atoms with van der Waals surface area (Å²) in [5.41, 5.74) is 1.39. The summed E-state index contributed by atoms with van der Waals surface area (Å²) in [5.74, 6) is 2.63. The zero-order valence-corrected chi connectivity index (χ0v) is 11.2. The molecule has 1 aliphatic carbocycles. The fourth-order valence-electron chi connectivity index (χ4n) is 3.06. The van der Waals surface area contributed by atoms with Crippen molar-refractivity contribution < 1.29 is 4.74 Å². The first-order valence-corrected chi connectivity index (χ1v) is 7.29. The van der Waals surface area contributed by atoms with E-state index in [1.54, 1.807) is 0 Å². The highest BCUT2D eigenvalue weighted by Gasteiger charge is 2.26. The van der Waals surface area contributed by atoms with Gasteiger partial charge in [-0.05, 0) is 43.7 Å². The molecular weight excluding hydrogens is 222 g/mol. The number of fused-ring (bicyclic) bond motifs is 1. The Morgan fingerprint density at radius 2 is 2.11 bits per heavy atom. The van der Waals surface area contributed by atoms with Gasteiger partial charge in [0.05, 0.1) is 6.61 Å². The quantitative estimate of drug-likeness (QED) is 0.878. The van der Waals surface area contributed by atoms with E-state index in [9.17, 15) is 0 Å². The second kappa shape index (κ2) is 5.31. The molecule has 2 nitrogen and oxygen atoms in total. The van der Waals surface area contributed by atoms with Crippen LogP contribution in [0.4, 0.5) is 0 Å². The van der Waals surface area contributed by atoms with Crippen molar-refractivity contribution in [1.82, 2.24) is 5.32 Å². The first-order valence-electron chi connectivity index (χ1n) is 7.29. The third-order valence-electron chi connectivity index (χ3n) is 4.63. The van der Waals surface area contributed by atoms with Crippen molar-refractivity contribution in [3.8, 4) is 5.75 Å². The molecule has 2 unspecified atom stereocenters. The Balaban J connectivity index is 1.60. The second-order valence-corrected chi connectivity index (χ2v) is 5.76. The number of benzene rings is 1. The van der Waals surface area contributed by atoms with Crippen molar-refractivity contribution in [3.63, 3.8) is 0 Å². The van der Waals surface area contributed by atoms with Crippen molar-refractivity contribution >= 4 is 0 Å².